The maximum atomic E-state index is 11.0. The summed E-state index contributed by atoms with van der Waals surface area (Å²) < 4.78 is 24.7. The van der Waals surface area contributed by atoms with E-state index in [9.17, 15) is 8.42 Å². The summed E-state index contributed by atoms with van der Waals surface area (Å²) in [5, 5.41) is 0. The number of piperidine rings is 1. The predicted octanol–water partition coefficient (Wildman–Crippen LogP) is 0.869. The largest absolute Gasteiger partial charge is 0.345 e. The van der Waals surface area contributed by atoms with E-state index in [0.29, 0.717) is 12.5 Å². The van der Waals surface area contributed by atoms with Gasteiger partial charge < -0.3 is 4.98 Å². The first-order valence-corrected chi connectivity index (χ1v) is 8.99. The van der Waals surface area contributed by atoms with Gasteiger partial charge in [-0.2, -0.15) is 0 Å². The maximum absolute atomic E-state index is 11.0. The third kappa shape index (κ3) is 5.22. The minimum absolute atomic E-state index is 0.542. The zero-order valence-electron chi connectivity index (χ0n) is 12.2. The zero-order chi connectivity index (χ0) is 14.6. The number of rotatable bonds is 6. The molecule has 0 radical (unpaired) electrons. The van der Waals surface area contributed by atoms with Crippen molar-refractivity contribution in [3.05, 3.63) is 17.7 Å². The highest BCUT2D eigenvalue weighted by Gasteiger charge is 2.20. The van der Waals surface area contributed by atoms with Gasteiger partial charge in [-0.25, -0.2) is 18.1 Å². The lowest BCUT2D eigenvalue weighted by Crippen LogP contribution is -2.36. The third-order valence-corrected chi connectivity index (χ3v) is 4.40. The average Bonchev–Trinajstić information content (AvgIpc) is 2.73. The molecule has 2 N–H and O–H groups in total. The molecule has 1 aliphatic heterocycles. The van der Waals surface area contributed by atoms with Crippen molar-refractivity contribution >= 4 is 10.0 Å². The standard InChI is InChI=1S/C13H24N4O2S/c1-11-14-8-13(16-11)10-17-7-3-4-12(9-17)5-6-15-20(2,18)19/h8,12,15H,3-7,9-10H2,1-2H3,(H,14,16)/t12-/m1/s1. The molecule has 1 aromatic rings. The Labute approximate surface area is 121 Å². The fourth-order valence-corrected chi connectivity index (χ4v) is 3.26. The van der Waals surface area contributed by atoms with Crippen molar-refractivity contribution in [3.63, 3.8) is 0 Å². The minimum Gasteiger partial charge on any atom is -0.345 e. The van der Waals surface area contributed by atoms with Crippen LogP contribution in [0.15, 0.2) is 6.20 Å². The van der Waals surface area contributed by atoms with Gasteiger partial charge in [-0.05, 0) is 38.6 Å². The van der Waals surface area contributed by atoms with E-state index < -0.39 is 10.0 Å². The molecule has 6 nitrogen and oxygen atoms in total. The summed E-state index contributed by atoms with van der Waals surface area (Å²) in [4.78, 5) is 9.89. The normalized spacial score (nSPS) is 21.2. The van der Waals surface area contributed by atoms with Gasteiger partial charge >= 0.3 is 0 Å². The average molecular weight is 300 g/mol. The van der Waals surface area contributed by atoms with E-state index in [4.69, 9.17) is 0 Å². The van der Waals surface area contributed by atoms with Gasteiger partial charge in [-0.3, -0.25) is 4.90 Å². The van der Waals surface area contributed by atoms with Crippen LogP contribution < -0.4 is 4.72 Å². The van der Waals surface area contributed by atoms with E-state index >= 15 is 0 Å². The van der Waals surface area contributed by atoms with Crippen LogP contribution in [-0.2, 0) is 16.6 Å². The van der Waals surface area contributed by atoms with Gasteiger partial charge in [0.15, 0.2) is 0 Å². The molecular weight excluding hydrogens is 276 g/mol. The Morgan fingerprint density at radius 2 is 2.35 bits per heavy atom. The number of sulfonamides is 1. The Kier molecular flexibility index (Phi) is 5.17. The monoisotopic (exact) mass is 300 g/mol. The van der Waals surface area contributed by atoms with Crippen LogP contribution >= 0.6 is 0 Å². The summed E-state index contributed by atoms with van der Waals surface area (Å²) in [7, 11) is -3.06. The Balaban J connectivity index is 1.76. The van der Waals surface area contributed by atoms with Crippen molar-refractivity contribution in [1.82, 2.24) is 19.6 Å². The zero-order valence-corrected chi connectivity index (χ0v) is 13.0. The van der Waals surface area contributed by atoms with E-state index in [0.717, 1.165) is 37.6 Å². The lowest BCUT2D eigenvalue weighted by molar-refractivity contribution is 0.161. The van der Waals surface area contributed by atoms with E-state index in [2.05, 4.69) is 19.6 Å². The fourth-order valence-electron chi connectivity index (χ4n) is 2.77. The first-order valence-electron chi connectivity index (χ1n) is 7.10. The summed E-state index contributed by atoms with van der Waals surface area (Å²) in [6, 6.07) is 0. The fraction of sp³-hybridized carbons (Fsp3) is 0.769. The number of aryl methyl sites for hydroxylation is 1. The molecule has 0 saturated carbocycles. The van der Waals surface area contributed by atoms with Crippen molar-refractivity contribution in [2.45, 2.75) is 32.7 Å². The molecule has 114 valence electrons. The second kappa shape index (κ2) is 6.69. The quantitative estimate of drug-likeness (QED) is 0.817. The maximum Gasteiger partial charge on any atom is 0.208 e. The van der Waals surface area contributed by atoms with E-state index in [-0.39, 0.29) is 0 Å². The molecule has 0 bridgehead atoms. The van der Waals surface area contributed by atoms with Crippen molar-refractivity contribution in [2.24, 2.45) is 5.92 Å². The highest BCUT2D eigenvalue weighted by Crippen LogP contribution is 2.20. The molecule has 0 aliphatic carbocycles. The minimum atomic E-state index is -3.06. The lowest BCUT2D eigenvalue weighted by Gasteiger charge is -2.32. The Bertz CT molecular complexity index is 526. The van der Waals surface area contributed by atoms with Crippen LogP contribution in [0.25, 0.3) is 0 Å². The number of aromatic nitrogens is 2. The van der Waals surface area contributed by atoms with Crippen LogP contribution in [0.3, 0.4) is 0 Å². The molecule has 1 atom stereocenters. The number of hydrogen-bond acceptors (Lipinski definition) is 4. The van der Waals surface area contributed by atoms with E-state index in [1.807, 2.05) is 13.1 Å². The SMILES string of the molecule is Cc1ncc(CN2CCC[C@H](CCNS(C)(=O)=O)C2)[nH]1. The molecule has 0 unspecified atom stereocenters. The number of aromatic amines is 1. The van der Waals surface area contributed by atoms with Gasteiger partial charge in [-0.1, -0.05) is 0 Å². The van der Waals surface area contributed by atoms with Crippen LogP contribution in [0.1, 0.15) is 30.8 Å². The summed E-state index contributed by atoms with van der Waals surface area (Å²) in [5.41, 5.74) is 1.15. The van der Waals surface area contributed by atoms with Gasteiger partial charge in [0.2, 0.25) is 10.0 Å². The van der Waals surface area contributed by atoms with Crippen molar-refractivity contribution < 1.29 is 8.42 Å². The van der Waals surface area contributed by atoms with Gasteiger partial charge in [0.05, 0.1) is 6.26 Å². The molecule has 1 aromatic heterocycles. The van der Waals surface area contributed by atoms with Crippen LogP contribution in [0, 0.1) is 12.8 Å². The first kappa shape index (κ1) is 15.5. The first-order chi connectivity index (χ1) is 9.42. The molecule has 1 fully saturated rings. The number of nitrogens with zero attached hydrogens (tertiary/aromatic N) is 2. The molecular formula is C13H24N4O2S. The second-order valence-corrected chi connectivity index (χ2v) is 7.53. The number of H-pyrrole nitrogens is 1. The molecule has 0 amide bonds. The Morgan fingerprint density at radius 1 is 1.55 bits per heavy atom. The molecule has 20 heavy (non-hydrogen) atoms. The highest BCUT2D eigenvalue weighted by molar-refractivity contribution is 7.88. The smallest absolute Gasteiger partial charge is 0.208 e. The van der Waals surface area contributed by atoms with Crippen LogP contribution in [-0.4, -0.2) is 49.2 Å². The van der Waals surface area contributed by atoms with Crippen molar-refractivity contribution in [3.8, 4) is 0 Å². The molecule has 2 heterocycles. The highest BCUT2D eigenvalue weighted by atomic mass is 32.2. The van der Waals surface area contributed by atoms with Crippen molar-refractivity contribution in [2.75, 3.05) is 25.9 Å². The second-order valence-electron chi connectivity index (χ2n) is 5.69. The lowest BCUT2D eigenvalue weighted by atomic mass is 9.95. The summed E-state index contributed by atoms with van der Waals surface area (Å²) in [5.74, 6) is 1.52. The van der Waals surface area contributed by atoms with E-state index in [1.165, 1.54) is 19.1 Å². The number of hydrogen-bond donors (Lipinski definition) is 2. The topological polar surface area (TPSA) is 78.1 Å². The molecule has 1 saturated heterocycles. The molecule has 7 heteroatoms. The molecule has 0 aromatic carbocycles. The van der Waals surface area contributed by atoms with Gasteiger partial charge in [0, 0.05) is 31.5 Å². The van der Waals surface area contributed by atoms with Crippen LogP contribution in [0.4, 0.5) is 0 Å². The number of nitrogens with one attached hydrogen (secondary N) is 2. The van der Waals surface area contributed by atoms with Crippen LogP contribution in [0.5, 0.6) is 0 Å². The Hall–Kier alpha value is -0.920. The van der Waals surface area contributed by atoms with Gasteiger partial charge in [-0.15, -0.1) is 0 Å². The summed E-state index contributed by atoms with van der Waals surface area (Å²) in [6.45, 7) is 5.54. The van der Waals surface area contributed by atoms with Gasteiger partial charge in [0.1, 0.15) is 5.82 Å². The third-order valence-electron chi connectivity index (χ3n) is 3.67. The molecule has 2 rings (SSSR count). The van der Waals surface area contributed by atoms with Crippen molar-refractivity contribution in [1.29, 1.82) is 0 Å². The summed E-state index contributed by atoms with van der Waals surface area (Å²) in [6.07, 6.45) is 6.37. The molecule has 0 spiro atoms. The van der Waals surface area contributed by atoms with E-state index in [1.54, 1.807) is 0 Å². The van der Waals surface area contributed by atoms with Crippen LogP contribution in [0.2, 0.25) is 0 Å². The number of imidazole rings is 1. The number of likely N-dealkylation sites (tertiary alicyclic amines) is 1. The van der Waals surface area contributed by atoms with Gasteiger partial charge in [0.25, 0.3) is 0 Å². The molecule has 1 aliphatic rings. The Morgan fingerprint density at radius 3 is 3.00 bits per heavy atom. The predicted molar refractivity (Wildman–Crippen MR) is 78.8 cm³/mol. The summed E-state index contributed by atoms with van der Waals surface area (Å²) >= 11 is 0.